The Bertz CT molecular complexity index is 912. The van der Waals surface area contributed by atoms with E-state index in [-0.39, 0.29) is 12.2 Å². The number of rotatable bonds is 16. The average Bonchev–Trinajstić information content (AvgIpc) is 2.90. The van der Waals surface area contributed by atoms with Crippen molar-refractivity contribution < 1.29 is 19.0 Å². The van der Waals surface area contributed by atoms with Gasteiger partial charge in [-0.15, -0.1) is 0 Å². The summed E-state index contributed by atoms with van der Waals surface area (Å²) < 4.78 is 16.7. The summed E-state index contributed by atoms with van der Waals surface area (Å²) in [5.41, 5.74) is 2.47. The minimum absolute atomic E-state index is 0.0785. The van der Waals surface area contributed by atoms with Crippen molar-refractivity contribution in [2.24, 2.45) is 10.2 Å². The predicted octanol–water partition coefficient (Wildman–Crippen LogP) is 9.78. The number of azo groups is 1. The molecular formula is C30H42N2O4. The van der Waals surface area contributed by atoms with Crippen molar-refractivity contribution in [1.29, 1.82) is 0 Å². The van der Waals surface area contributed by atoms with Gasteiger partial charge in [-0.05, 0) is 61.2 Å². The molecule has 36 heavy (non-hydrogen) atoms. The maximum atomic E-state index is 11.9. The average molecular weight is 495 g/mol. The van der Waals surface area contributed by atoms with Crippen LogP contribution in [-0.2, 0) is 9.47 Å². The van der Waals surface area contributed by atoms with Crippen LogP contribution >= 0.6 is 0 Å². The third-order valence-electron chi connectivity index (χ3n) is 6.51. The minimum atomic E-state index is -0.574. The Morgan fingerprint density at radius 2 is 1.33 bits per heavy atom. The zero-order valence-electron chi connectivity index (χ0n) is 22.0. The molecule has 0 radical (unpaired) electrons. The molecule has 1 aliphatic rings. The molecule has 0 spiro atoms. The highest BCUT2D eigenvalue weighted by Gasteiger charge is 2.30. The van der Waals surface area contributed by atoms with Crippen molar-refractivity contribution in [2.45, 2.75) is 103 Å². The summed E-state index contributed by atoms with van der Waals surface area (Å²) in [5, 5.41) is 8.68. The number of hydrogen-bond donors (Lipinski definition) is 0. The van der Waals surface area contributed by atoms with Gasteiger partial charge in [0.15, 0.2) is 0 Å². The van der Waals surface area contributed by atoms with E-state index in [9.17, 15) is 4.79 Å². The standard InChI is InChI=1S/C30H42N2O4/c1-3-5-7-9-10-12-22-34-27-20-18-26(19-21-27)32-31-25-16-14-24(15-17-25)29-23-28(35-30(33)36-29)13-11-8-6-4-2/h14-21,28-29H,3-13,22-23H2,1-2H3/t28-,29-/m1/s1. The van der Waals surface area contributed by atoms with E-state index in [1.807, 2.05) is 48.5 Å². The number of carbonyl (C=O) groups excluding carboxylic acids is 1. The molecule has 0 amide bonds. The van der Waals surface area contributed by atoms with Gasteiger partial charge in [-0.3, -0.25) is 0 Å². The Labute approximate surface area is 216 Å². The molecule has 0 aromatic heterocycles. The molecule has 1 saturated heterocycles. The summed E-state index contributed by atoms with van der Waals surface area (Å²) >= 11 is 0. The Kier molecular flexibility index (Phi) is 12.3. The summed E-state index contributed by atoms with van der Waals surface area (Å²) in [5.74, 6) is 0.863. The number of unbranched alkanes of at least 4 members (excludes halogenated alkanes) is 8. The van der Waals surface area contributed by atoms with E-state index in [2.05, 4.69) is 24.1 Å². The Morgan fingerprint density at radius 3 is 2.00 bits per heavy atom. The second-order valence-corrected chi connectivity index (χ2v) is 9.58. The van der Waals surface area contributed by atoms with Crippen molar-refractivity contribution in [3.8, 4) is 5.75 Å². The fraction of sp³-hybridized carbons (Fsp3) is 0.567. The lowest BCUT2D eigenvalue weighted by Gasteiger charge is -2.29. The van der Waals surface area contributed by atoms with E-state index in [4.69, 9.17) is 14.2 Å². The van der Waals surface area contributed by atoms with Crippen LogP contribution in [0.5, 0.6) is 5.75 Å². The second-order valence-electron chi connectivity index (χ2n) is 9.58. The van der Waals surface area contributed by atoms with Crippen LogP contribution in [0.25, 0.3) is 0 Å². The Balaban J connectivity index is 1.43. The molecule has 0 N–H and O–H groups in total. The summed E-state index contributed by atoms with van der Waals surface area (Å²) in [6, 6.07) is 15.4. The van der Waals surface area contributed by atoms with Crippen LogP contribution in [0.2, 0.25) is 0 Å². The van der Waals surface area contributed by atoms with Crippen LogP contribution in [0.3, 0.4) is 0 Å². The molecule has 6 heteroatoms. The highest BCUT2D eigenvalue weighted by atomic mass is 16.7. The fourth-order valence-corrected chi connectivity index (χ4v) is 4.35. The largest absolute Gasteiger partial charge is 0.509 e. The van der Waals surface area contributed by atoms with Crippen molar-refractivity contribution >= 4 is 17.5 Å². The first-order valence-electron chi connectivity index (χ1n) is 13.8. The molecule has 2 aromatic carbocycles. The zero-order chi connectivity index (χ0) is 25.4. The quantitative estimate of drug-likeness (QED) is 0.132. The number of ether oxygens (including phenoxy) is 3. The van der Waals surface area contributed by atoms with Gasteiger partial charge >= 0.3 is 6.16 Å². The smallest absolute Gasteiger partial charge is 0.494 e. The van der Waals surface area contributed by atoms with Gasteiger partial charge in [0.1, 0.15) is 18.0 Å². The summed E-state index contributed by atoms with van der Waals surface area (Å²) in [6.45, 7) is 5.18. The molecule has 2 atom stereocenters. The van der Waals surface area contributed by atoms with E-state index >= 15 is 0 Å². The highest BCUT2D eigenvalue weighted by Crippen LogP contribution is 2.32. The SMILES string of the molecule is CCCCCCCCOc1ccc(N=Nc2ccc([C@H]3C[C@@H](CCCCCC)OC(=O)O3)cc2)cc1. The Hall–Kier alpha value is -2.89. The van der Waals surface area contributed by atoms with Gasteiger partial charge in [0, 0.05) is 6.42 Å². The van der Waals surface area contributed by atoms with Gasteiger partial charge in [0.2, 0.25) is 0 Å². The molecule has 196 valence electrons. The molecule has 1 fully saturated rings. The zero-order valence-corrected chi connectivity index (χ0v) is 22.0. The normalized spacial score (nSPS) is 17.7. The van der Waals surface area contributed by atoms with Crippen LogP contribution < -0.4 is 4.74 Å². The van der Waals surface area contributed by atoms with Crippen molar-refractivity contribution in [3.63, 3.8) is 0 Å². The monoisotopic (exact) mass is 494 g/mol. The molecule has 6 nitrogen and oxygen atoms in total. The van der Waals surface area contributed by atoms with E-state index in [1.54, 1.807) is 0 Å². The van der Waals surface area contributed by atoms with Gasteiger partial charge < -0.3 is 14.2 Å². The van der Waals surface area contributed by atoms with Crippen molar-refractivity contribution in [3.05, 3.63) is 54.1 Å². The Morgan fingerprint density at radius 1 is 0.750 bits per heavy atom. The topological polar surface area (TPSA) is 69.5 Å². The molecule has 0 unspecified atom stereocenters. The number of benzene rings is 2. The van der Waals surface area contributed by atoms with Gasteiger partial charge in [0.25, 0.3) is 0 Å². The molecule has 3 rings (SSSR count). The molecule has 1 heterocycles. The fourth-order valence-electron chi connectivity index (χ4n) is 4.35. The lowest BCUT2D eigenvalue weighted by Crippen LogP contribution is -2.29. The van der Waals surface area contributed by atoms with Gasteiger partial charge in [-0.25, -0.2) is 4.79 Å². The van der Waals surface area contributed by atoms with E-state index in [1.165, 1.54) is 51.4 Å². The lowest BCUT2D eigenvalue weighted by atomic mass is 9.98. The van der Waals surface area contributed by atoms with Crippen LogP contribution in [-0.4, -0.2) is 18.9 Å². The molecular weight excluding hydrogens is 452 g/mol. The summed E-state index contributed by atoms with van der Waals surface area (Å²) in [4.78, 5) is 11.9. The number of hydrogen-bond acceptors (Lipinski definition) is 6. The number of carbonyl (C=O) groups is 1. The molecule has 0 bridgehead atoms. The third kappa shape index (κ3) is 10.00. The van der Waals surface area contributed by atoms with Crippen molar-refractivity contribution in [1.82, 2.24) is 0 Å². The molecule has 0 saturated carbocycles. The maximum absolute atomic E-state index is 11.9. The van der Waals surface area contributed by atoms with Crippen molar-refractivity contribution in [2.75, 3.05) is 6.61 Å². The van der Waals surface area contributed by atoms with E-state index in [0.717, 1.165) is 48.6 Å². The van der Waals surface area contributed by atoms with Gasteiger partial charge in [-0.2, -0.15) is 10.2 Å². The first kappa shape index (κ1) is 27.7. The van der Waals surface area contributed by atoms with Gasteiger partial charge in [-0.1, -0.05) is 77.3 Å². The van der Waals surface area contributed by atoms with E-state index in [0.29, 0.717) is 6.42 Å². The molecule has 0 aliphatic carbocycles. The van der Waals surface area contributed by atoms with Crippen LogP contribution in [0.15, 0.2) is 58.8 Å². The van der Waals surface area contributed by atoms with Gasteiger partial charge in [0.05, 0.1) is 18.0 Å². The lowest BCUT2D eigenvalue weighted by molar-refractivity contribution is -0.0638. The third-order valence-corrected chi connectivity index (χ3v) is 6.51. The van der Waals surface area contributed by atoms with Crippen LogP contribution in [0.4, 0.5) is 16.2 Å². The maximum Gasteiger partial charge on any atom is 0.509 e. The predicted molar refractivity (Wildman–Crippen MR) is 143 cm³/mol. The highest BCUT2D eigenvalue weighted by molar-refractivity contribution is 5.61. The minimum Gasteiger partial charge on any atom is -0.494 e. The van der Waals surface area contributed by atoms with E-state index < -0.39 is 6.16 Å². The summed E-state index contributed by atoms with van der Waals surface area (Å²) in [6.07, 6.45) is 12.8. The first-order valence-corrected chi connectivity index (χ1v) is 13.8. The number of nitrogens with zero attached hydrogens (tertiary/aromatic N) is 2. The first-order chi connectivity index (χ1) is 17.7. The number of cyclic esters (lactones) is 2. The van der Waals surface area contributed by atoms with Crippen LogP contribution in [0.1, 0.15) is 103 Å². The van der Waals surface area contributed by atoms with Crippen LogP contribution in [0, 0.1) is 0 Å². The molecule has 2 aromatic rings. The molecule has 1 aliphatic heterocycles. The second kappa shape index (κ2) is 16.0. The summed E-state index contributed by atoms with van der Waals surface area (Å²) in [7, 11) is 0.